The van der Waals surface area contributed by atoms with E-state index in [1.807, 2.05) is 19.2 Å². The quantitative estimate of drug-likeness (QED) is 0.742. The zero-order chi connectivity index (χ0) is 11.5. The van der Waals surface area contributed by atoms with Gasteiger partial charge in [-0.1, -0.05) is 0 Å². The van der Waals surface area contributed by atoms with E-state index in [4.69, 9.17) is 10.5 Å². The molecule has 0 bridgehead atoms. The van der Waals surface area contributed by atoms with Gasteiger partial charge in [0.25, 0.3) is 0 Å². The Morgan fingerprint density at radius 3 is 3.12 bits per heavy atom. The maximum atomic E-state index is 5.55. The lowest BCUT2D eigenvalue weighted by atomic mass is 10.3. The van der Waals surface area contributed by atoms with Crippen molar-refractivity contribution in [3.05, 3.63) is 17.8 Å². The fourth-order valence-corrected chi connectivity index (χ4v) is 1.56. The Bertz CT molecular complexity index is 493. The minimum atomic E-state index is 0.289. The highest BCUT2D eigenvalue weighted by Crippen LogP contribution is 2.15. The number of nitrogens with one attached hydrogen (secondary N) is 1. The van der Waals surface area contributed by atoms with Gasteiger partial charge in [0.2, 0.25) is 5.95 Å². The molecule has 6 heteroatoms. The van der Waals surface area contributed by atoms with Crippen LogP contribution in [0.5, 0.6) is 0 Å². The van der Waals surface area contributed by atoms with Gasteiger partial charge in [-0.05, 0) is 18.6 Å². The van der Waals surface area contributed by atoms with Gasteiger partial charge < -0.3 is 15.8 Å². The first-order chi connectivity index (χ1) is 7.70. The van der Waals surface area contributed by atoms with Crippen LogP contribution >= 0.6 is 0 Å². The number of fused-ring (bicyclic) bond motifs is 1. The van der Waals surface area contributed by atoms with Crippen molar-refractivity contribution in [1.29, 1.82) is 0 Å². The molecule has 0 spiro atoms. The lowest BCUT2D eigenvalue weighted by molar-refractivity contribution is 0.211. The van der Waals surface area contributed by atoms with Gasteiger partial charge >= 0.3 is 0 Å². The minimum absolute atomic E-state index is 0.289. The number of nitrogens with two attached hydrogens (primary N) is 1. The predicted octanol–water partition coefficient (Wildman–Crippen LogP) is 0.678. The summed E-state index contributed by atoms with van der Waals surface area (Å²) >= 11 is 0. The second kappa shape index (κ2) is 4.36. The molecule has 0 fully saturated rings. The van der Waals surface area contributed by atoms with Crippen LogP contribution in [0.2, 0.25) is 0 Å². The van der Waals surface area contributed by atoms with Gasteiger partial charge in [0.1, 0.15) is 0 Å². The van der Waals surface area contributed by atoms with Crippen molar-refractivity contribution >= 4 is 17.3 Å². The van der Waals surface area contributed by atoms with Crippen LogP contribution in [-0.2, 0) is 4.74 Å². The van der Waals surface area contributed by atoms with Crippen LogP contribution in [0.15, 0.2) is 12.3 Å². The van der Waals surface area contributed by atoms with Gasteiger partial charge in [0.15, 0.2) is 5.65 Å². The van der Waals surface area contributed by atoms with E-state index in [0.717, 1.165) is 23.4 Å². The van der Waals surface area contributed by atoms with Crippen LogP contribution in [0.4, 0.5) is 11.6 Å². The summed E-state index contributed by atoms with van der Waals surface area (Å²) in [7, 11) is 1.67. The third kappa shape index (κ3) is 2.06. The smallest absolute Gasteiger partial charge is 0.240 e. The van der Waals surface area contributed by atoms with Crippen molar-refractivity contribution in [1.82, 2.24) is 14.6 Å². The van der Waals surface area contributed by atoms with Crippen LogP contribution in [0.25, 0.3) is 5.65 Å². The van der Waals surface area contributed by atoms with Crippen molar-refractivity contribution in [2.24, 2.45) is 0 Å². The molecule has 0 amide bonds. The summed E-state index contributed by atoms with van der Waals surface area (Å²) in [6, 6.07) is 2.01. The van der Waals surface area contributed by atoms with Gasteiger partial charge in [-0.2, -0.15) is 4.98 Å². The summed E-state index contributed by atoms with van der Waals surface area (Å²) in [4.78, 5) is 4.13. The Balaban J connectivity index is 2.27. The number of rotatable bonds is 4. The molecule has 2 aromatic heterocycles. The van der Waals surface area contributed by atoms with Crippen molar-refractivity contribution in [3.8, 4) is 0 Å². The third-order valence-corrected chi connectivity index (χ3v) is 2.27. The minimum Gasteiger partial charge on any atom is -0.383 e. The topological polar surface area (TPSA) is 77.5 Å². The van der Waals surface area contributed by atoms with Gasteiger partial charge in [-0.25, -0.2) is 4.52 Å². The van der Waals surface area contributed by atoms with E-state index >= 15 is 0 Å². The standard InChI is InChI=1S/C10H15N5O/c1-7-5-8(12-3-4-16-2)6-15-9(7)13-10(11)14-15/h5-6,12H,3-4H2,1-2H3,(H2,11,14). The summed E-state index contributed by atoms with van der Waals surface area (Å²) in [5.74, 6) is 0.289. The van der Waals surface area contributed by atoms with Gasteiger partial charge in [0, 0.05) is 13.7 Å². The van der Waals surface area contributed by atoms with Crippen LogP contribution in [0.1, 0.15) is 5.56 Å². The number of nitrogens with zero attached hydrogens (tertiary/aromatic N) is 3. The molecule has 0 unspecified atom stereocenters. The van der Waals surface area contributed by atoms with Crippen molar-refractivity contribution < 1.29 is 4.74 Å². The number of aromatic nitrogens is 3. The Kier molecular flexibility index (Phi) is 2.91. The molecule has 0 saturated carbocycles. The van der Waals surface area contributed by atoms with Crippen molar-refractivity contribution in [3.63, 3.8) is 0 Å². The number of methoxy groups -OCH3 is 1. The SMILES string of the molecule is COCCNc1cc(C)c2nc(N)nn2c1. The molecular weight excluding hydrogens is 206 g/mol. The summed E-state index contributed by atoms with van der Waals surface area (Å²) in [6.45, 7) is 3.40. The molecular formula is C10H15N5O. The lowest BCUT2D eigenvalue weighted by Gasteiger charge is -2.07. The maximum Gasteiger partial charge on any atom is 0.240 e. The Labute approximate surface area is 93.4 Å². The van der Waals surface area contributed by atoms with E-state index in [1.165, 1.54) is 0 Å². The van der Waals surface area contributed by atoms with Crippen LogP contribution in [0.3, 0.4) is 0 Å². The molecule has 0 atom stereocenters. The molecule has 0 aliphatic rings. The molecule has 16 heavy (non-hydrogen) atoms. The van der Waals surface area contributed by atoms with Gasteiger partial charge in [-0.3, -0.25) is 0 Å². The molecule has 3 N–H and O–H groups in total. The van der Waals surface area contributed by atoms with E-state index in [0.29, 0.717) is 6.61 Å². The largest absolute Gasteiger partial charge is 0.383 e. The van der Waals surface area contributed by atoms with E-state index in [9.17, 15) is 0 Å². The third-order valence-electron chi connectivity index (χ3n) is 2.27. The molecule has 0 radical (unpaired) electrons. The van der Waals surface area contributed by atoms with E-state index in [2.05, 4.69) is 15.4 Å². The van der Waals surface area contributed by atoms with E-state index in [1.54, 1.807) is 11.6 Å². The highest BCUT2D eigenvalue weighted by atomic mass is 16.5. The molecule has 0 aromatic carbocycles. The number of hydrogen-bond donors (Lipinski definition) is 2. The molecule has 86 valence electrons. The second-order valence-electron chi connectivity index (χ2n) is 3.57. The monoisotopic (exact) mass is 221 g/mol. The first-order valence-corrected chi connectivity index (χ1v) is 5.06. The highest BCUT2D eigenvalue weighted by Gasteiger charge is 2.04. The molecule has 6 nitrogen and oxygen atoms in total. The van der Waals surface area contributed by atoms with Crippen LogP contribution in [-0.4, -0.2) is 34.9 Å². The Morgan fingerprint density at radius 1 is 1.56 bits per heavy atom. The summed E-state index contributed by atoms with van der Waals surface area (Å²) in [5, 5.41) is 7.31. The first kappa shape index (κ1) is 10.7. The highest BCUT2D eigenvalue weighted by molar-refractivity contribution is 5.56. The number of anilines is 2. The average molecular weight is 221 g/mol. The zero-order valence-electron chi connectivity index (χ0n) is 9.40. The summed E-state index contributed by atoms with van der Waals surface area (Å²) in [6.07, 6.45) is 1.86. The van der Waals surface area contributed by atoms with Crippen molar-refractivity contribution in [2.45, 2.75) is 6.92 Å². The number of aryl methyl sites for hydroxylation is 1. The normalized spacial score (nSPS) is 10.9. The molecule has 2 heterocycles. The molecule has 2 rings (SSSR count). The van der Waals surface area contributed by atoms with Crippen molar-refractivity contribution in [2.75, 3.05) is 31.3 Å². The Morgan fingerprint density at radius 2 is 2.38 bits per heavy atom. The van der Waals surface area contributed by atoms with Crippen LogP contribution < -0.4 is 11.1 Å². The fourth-order valence-electron chi connectivity index (χ4n) is 1.56. The fraction of sp³-hybridized carbons (Fsp3) is 0.400. The summed E-state index contributed by atoms with van der Waals surface area (Å²) in [5.41, 5.74) is 8.35. The molecule has 0 aliphatic carbocycles. The predicted molar refractivity (Wildman–Crippen MR) is 62.5 cm³/mol. The Hall–Kier alpha value is -1.82. The molecule has 0 aliphatic heterocycles. The summed E-state index contributed by atoms with van der Waals surface area (Å²) < 4.78 is 6.65. The van der Waals surface area contributed by atoms with Crippen LogP contribution in [0, 0.1) is 6.92 Å². The van der Waals surface area contributed by atoms with E-state index in [-0.39, 0.29) is 5.95 Å². The number of nitrogen functional groups attached to an aromatic ring is 1. The molecule has 0 saturated heterocycles. The van der Waals surface area contributed by atoms with Gasteiger partial charge in [-0.15, -0.1) is 5.10 Å². The number of pyridine rings is 1. The number of ether oxygens (including phenoxy) is 1. The lowest BCUT2D eigenvalue weighted by Crippen LogP contribution is -2.08. The zero-order valence-corrected chi connectivity index (χ0v) is 9.40. The molecule has 2 aromatic rings. The van der Waals surface area contributed by atoms with Gasteiger partial charge in [0.05, 0.1) is 18.5 Å². The first-order valence-electron chi connectivity index (χ1n) is 5.06. The second-order valence-corrected chi connectivity index (χ2v) is 3.57. The maximum absolute atomic E-state index is 5.55. The average Bonchev–Trinajstić information content (AvgIpc) is 2.60. The van der Waals surface area contributed by atoms with E-state index < -0.39 is 0 Å². The number of hydrogen-bond acceptors (Lipinski definition) is 5.